The molecule has 0 unspecified atom stereocenters. The molecule has 0 radical (unpaired) electrons. The van der Waals surface area contributed by atoms with E-state index in [0.717, 1.165) is 32.8 Å². The number of hydrogen-bond donors (Lipinski definition) is 2. The van der Waals surface area contributed by atoms with Crippen molar-refractivity contribution in [1.82, 2.24) is 0 Å². The summed E-state index contributed by atoms with van der Waals surface area (Å²) in [5.74, 6) is -0.0177. The van der Waals surface area contributed by atoms with Crippen LogP contribution >= 0.6 is 47.8 Å². The summed E-state index contributed by atoms with van der Waals surface area (Å²) in [6.45, 7) is 0.651. The maximum Gasteiger partial charge on any atom is 0.206 e. The minimum absolute atomic E-state index is 0.0949. The first-order chi connectivity index (χ1) is 12.4. The van der Waals surface area contributed by atoms with Gasteiger partial charge in [-0.05, 0) is 78.1 Å². The van der Waals surface area contributed by atoms with Crippen LogP contribution in [0.2, 0.25) is 0 Å². The zero-order chi connectivity index (χ0) is 18.2. The molecule has 3 aliphatic heterocycles. The number of carbonyl (C=O) groups is 1. The first kappa shape index (κ1) is 16.6. The van der Waals surface area contributed by atoms with Crippen molar-refractivity contribution in [3.05, 3.63) is 49.5 Å². The van der Waals surface area contributed by atoms with Gasteiger partial charge in [0.1, 0.15) is 10.3 Å². The number of fused-ring (bicyclic) bond motifs is 3. The molecule has 1 aliphatic carbocycles. The van der Waals surface area contributed by atoms with E-state index >= 15 is 0 Å². The van der Waals surface area contributed by atoms with E-state index < -0.39 is 5.41 Å². The van der Waals surface area contributed by atoms with Crippen LogP contribution in [0.15, 0.2) is 43.4 Å². The molecule has 1 aromatic rings. The summed E-state index contributed by atoms with van der Waals surface area (Å²) in [5.41, 5.74) is 2.30. The van der Waals surface area contributed by atoms with Crippen molar-refractivity contribution in [2.24, 2.45) is 9.98 Å². The number of ketones is 1. The molecule has 0 fully saturated rings. The number of anilines is 1. The van der Waals surface area contributed by atoms with Gasteiger partial charge >= 0.3 is 0 Å². The van der Waals surface area contributed by atoms with Gasteiger partial charge in [0.2, 0.25) is 5.78 Å². The van der Waals surface area contributed by atoms with E-state index in [1.165, 1.54) is 0 Å². The van der Waals surface area contributed by atoms with Gasteiger partial charge in [0, 0.05) is 17.3 Å². The molecule has 0 aromatic heterocycles. The Bertz CT molecular complexity index is 1150. The highest BCUT2D eigenvalue weighted by Crippen LogP contribution is 2.47. The highest BCUT2D eigenvalue weighted by Gasteiger charge is 2.40. The summed E-state index contributed by atoms with van der Waals surface area (Å²) in [6.07, 6.45) is 8.21. The van der Waals surface area contributed by atoms with Gasteiger partial charge in [0.25, 0.3) is 0 Å². The van der Waals surface area contributed by atoms with Gasteiger partial charge in [-0.1, -0.05) is 6.08 Å². The van der Waals surface area contributed by atoms with Crippen molar-refractivity contribution in [3.63, 3.8) is 0 Å². The Morgan fingerprint density at radius 1 is 1.19 bits per heavy atom. The lowest BCUT2D eigenvalue weighted by molar-refractivity contribution is -0.111. The molecule has 26 heavy (non-hydrogen) atoms. The lowest BCUT2D eigenvalue weighted by Crippen LogP contribution is -2.42. The van der Waals surface area contributed by atoms with Crippen molar-refractivity contribution < 1.29 is 9.90 Å². The van der Waals surface area contributed by atoms with Gasteiger partial charge in [-0.3, -0.25) is 9.79 Å². The van der Waals surface area contributed by atoms with Gasteiger partial charge in [0.15, 0.2) is 5.75 Å². The van der Waals surface area contributed by atoms with Gasteiger partial charge in [-0.25, -0.2) is 4.99 Å². The van der Waals surface area contributed by atoms with Gasteiger partial charge in [0.05, 0.1) is 25.4 Å². The lowest BCUT2D eigenvalue weighted by atomic mass is 9.74. The number of aromatic hydroxyl groups is 1. The smallest absolute Gasteiger partial charge is 0.206 e. The average Bonchev–Trinajstić information content (AvgIpc) is 2.96. The van der Waals surface area contributed by atoms with Crippen LogP contribution in [0.5, 0.6) is 5.75 Å². The molecule has 0 amide bonds. The molecule has 0 saturated carbocycles. The van der Waals surface area contributed by atoms with Crippen LogP contribution in [-0.4, -0.2) is 22.1 Å². The quantitative estimate of drug-likeness (QED) is 0.497. The summed E-state index contributed by atoms with van der Waals surface area (Å²) in [6, 6.07) is 0. The molecular weight excluding hydrogens is 530 g/mol. The third kappa shape index (κ3) is 2.03. The van der Waals surface area contributed by atoms with Crippen LogP contribution in [-0.2, 0) is 10.2 Å². The first-order valence-corrected chi connectivity index (χ1v) is 10.3. The largest absolute Gasteiger partial charge is 0.504 e. The number of phenols is 1. The Labute approximate surface area is 173 Å². The van der Waals surface area contributed by atoms with Crippen LogP contribution in [0, 0.1) is 0 Å². The summed E-state index contributed by atoms with van der Waals surface area (Å²) in [7, 11) is 0. The van der Waals surface area contributed by atoms with E-state index in [1.807, 2.05) is 18.2 Å². The van der Waals surface area contributed by atoms with Crippen LogP contribution < -0.4 is 15.9 Å². The maximum atomic E-state index is 12.2. The molecule has 1 spiro atoms. The van der Waals surface area contributed by atoms with Crippen LogP contribution in [0.3, 0.4) is 0 Å². The van der Waals surface area contributed by atoms with E-state index in [-0.39, 0.29) is 11.5 Å². The third-order valence-corrected chi connectivity index (χ3v) is 6.83. The molecule has 130 valence electrons. The second kappa shape index (κ2) is 5.50. The fourth-order valence-electron chi connectivity index (χ4n) is 3.90. The third-order valence-electron chi connectivity index (χ3n) is 5.00. The number of allylic oxidation sites excluding steroid dienone is 5. The highest BCUT2D eigenvalue weighted by atomic mass is 79.9. The standard InChI is InChI=1S/C18H10Br3N3O2/c19-8-5-18(6-9(20)15(8)25)2-4-23-14-11(18)12-10-7(1-3-22-12)17(21)24-13(10)16(14)26/h2,4-6,23,26H,1,3H2. The van der Waals surface area contributed by atoms with E-state index in [1.54, 1.807) is 6.20 Å². The Hall–Kier alpha value is -1.51. The minimum atomic E-state index is -0.699. The minimum Gasteiger partial charge on any atom is -0.504 e. The number of nitrogens with zero attached hydrogens (tertiary/aromatic N) is 2. The fourth-order valence-corrected chi connectivity index (χ4v) is 5.92. The second-order valence-corrected chi connectivity index (χ2v) is 8.87. The number of nitrogens with one attached hydrogen (secondary N) is 1. The number of rotatable bonds is 0. The topological polar surface area (TPSA) is 74.0 Å². The molecule has 2 N–H and O–H groups in total. The first-order valence-electron chi connectivity index (χ1n) is 7.90. The molecule has 3 heterocycles. The van der Waals surface area contributed by atoms with Crippen LogP contribution in [0.4, 0.5) is 11.4 Å². The zero-order valence-corrected chi connectivity index (χ0v) is 17.9. The molecule has 8 heteroatoms. The van der Waals surface area contributed by atoms with Crippen molar-refractivity contribution in [2.75, 3.05) is 11.9 Å². The molecular formula is C18H10Br3N3O2. The molecule has 1 aromatic carbocycles. The average molecular weight is 540 g/mol. The fraction of sp³-hybridized carbons (Fsp3) is 0.167. The zero-order valence-electron chi connectivity index (χ0n) is 13.1. The summed E-state index contributed by atoms with van der Waals surface area (Å²) < 4.78 is 1.68. The molecule has 5 rings (SSSR count). The number of Topliss-reactive ketones (excluding diaryl/α,β-unsaturated/α-hetero) is 1. The van der Waals surface area contributed by atoms with E-state index in [0.29, 0.717) is 26.9 Å². The van der Waals surface area contributed by atoms with Gasteiger partial charge < -0.3 is 10.4 Å². The molecule has 4 aliphatic rings. The normalized spacial score (nSPS) is 21.4. The number of carbonyl (C=O) groups excluding carboxylic acids is 1. The van der Waals surface area contributed by atoms with Crippen molar-refractivity contribution >= 4 is 75.1 Å². The number of benzene rings is 1. The summed E-state index contributed by atoms with van der Waals surface area (Å²) in [4.78, 5) is 21.5. The summed E-state index contributed by atoms with van der Waals surface area (Å²) in [5, 5.41) is 15.8. The molecule has 0 saturated heterocycles. The summed E-state index contributed by atoms with van der Waals surface area (Å²) >= 11 is 10.3. The predicted molar refractivity (Wildman–Crippen MR) is 111 cm³/mol. The van der Waals surface area contributed by atoms with E-state index in [2.05, 4.69) is 58.1 Å². The monoisotopic (exact) mass is 537 g/mol. The molecule has 5 nitrogen and oxygen atoms in total. The van der Waals surface area contributed by atoms with Crippen LogP contribution in [0.1, 0.15) is 12.0 Å². The van der Waals surface area contributed by atoms with E-state index in [4.69, 9.17) is 4.99 Å². The Morgan fingerprint density at radius 2 is 1.92 bits per heavy atom. The predicted octanol–water partition coefficient (Wildman–Crippen LogP) is 3.32. The van der Waals surface area contributed by atoms with Gasteiger partial charge in [-0.15, -0.1) is 0 Å². The Kier molecular flexibility index (Phi) is 3.52. The van der Waals surface area contributed by atoms with Crippen molar-refractivity contribution in [2.45, 2.75) is 11.8 Å². The van der Waals surface area contributed by atoms with Crippen molar-refractivity contribution in [1.29, 1.82) is 0 Å². The number of halogens is 3. The molecule has 0 atom stereocenters. The maximum absolute atomic E-state index is 12.2. The van der Waals surface area contributed by atoms with Crippen LogP contribution in [0.25, 0.3) is 5.57 Å². The number of hydrogen-bond acceptors (Lipinski definition) is 5. The number of aliphatic imine (C=N–C) groups is 1. The second-order valence-electron chi connectivity index (χ2n) is 6.41. The van der Waals surface area contributed by atoms with Crippen molar-refractivity contribution in [3.8, 4) is 5.75 Å². The highest BCUT2D eigenvalue weighted by molar-refractivity contribution is 9.18. The SMILES string of the molecule is O=C1C(Br)=CC2(C=CNc3c(O)c4c5c(c32)=NCCC=5C(Br)=N4)C=C1Br. The Balaban J connectivity index is 1.96. The van der Waals surface area contributed by atoms with Gasteiger partial charge in [-0.2, -0.15) is 0 Å². The van der Waals surface area contributed by atoms with E-state index in [9.17, 15) is 9.90 Å². The number of phenolic OH excluding ortho intramolecular Hbond substituents is 1. The lowest BCUT2D eigenvalue weighted by Gasteiger charge is -2.34. The molecule has 0 bridgehead atoms. The Morgan fingerprint density at radius 3 is 2.65 bits per heavy atom.